The van der Waals surface area contributed by atoms with Crippen molar-refractivity contribution in [2.75, 3.05) is 33.0 Å². The highest BCUT2D eigenvalue weighted by Crippen LogP contribution is 2.31. The molecule has 156 valence electrons. The van der Waals surface area contributed by atoms with Crippen molar-refractivity contribution < 1.29 is 28.5 Å². The second kappa shape index (κ2) is 10.2. The molecule has 0 bridgehead atoms. The van der Waals surface area contributed by atoms with E-state index < -0.39 is 5.97 Å². The van der Waals surface area contributed by atoms with E-state index in [0.29, 0.717) is 43.4 Å². The fraction of sp³-hybridized carbons (Fsp3) is 0.318. The van der Waals surface area contributed by atoms with E-state index in [0.717, 1.165) is 5.56 Å². The molecule has 0 saturated carbocycles. The Morgan fingerprint density at radius 2 is 1.87 bits per heavy atom. The van der Waals surface area contributed by atoms with Crippen molar-refractivity contribution in [3.05, 3.63) is 53.6 Å². The first kappa shape index (κ1) is 21.0. The topological polar surface area (TPSA) is 98.1 Å². The van der Waals surface area contributed by atoms with Crippen LogP contribution in [-0.4, -0.2) is 49.7 Å². The van der Waals surface area contributed by atoms with E-state index in [9.17, 15) is 9.59 Å². The van der Waals surface area contributed by atoms with Crippen LogP contribution in [0.25, 0.3) is 0 Å². The molecule has 0 fully saturated rings. The third-order valence-corrected chi connectivity index (χ3v) is 4.42. The van der Waals surface area contributed by atoms with Crippen LogP contribution < -0.4 is 14.2 Å². The summed E-state index contributed by atoms with van der Waals surface area (Å²) in [6, 6.07) is 14.1. The van der Waals surface area contributed by atoms with E-state index in [1.165, 1.54) is 0 Å². The minimum atomic E-state index is -0.688. The van der Waals surface area contributed by atoms with Gasteiger partial charge in [0.15, 0.2) is 24.7 Å². The molecule has 0 radical (unpaired) electrons. The van der Waals surface area contributed by atoms with Crippen molar-refractivity contribution in [1.82, 2.24) is 4.90 Å². The largest absolute Gasteiger partial charge is 0.486 e. The quantitative estimate of drug-likeness (QED) is 0.616. The van der Waals surface area contributed by atoms with Gasteiger partial charge in [0.05, 0.1) is 5.56 Å². The SMILES string of the molecule is CCN(Cc1ccc2c(c1)OCCO2)C(=O)COC(=O)COc1ccccc1C#N. The lowest BCUT2D eigenvalue weighted by Crippen LogP contribution is -2.34. The lowest BCUT2D eigenvalue weighted by molar-refractivity contribution is -0.153. The minimum absolute atomic E-state index is 0.289. The highest BCUT2D eigenvalue weighted by atomic mass is 16.6. The molecular weight excluding hydrogens is 388 g/mol. The van der Waals surface area contributed by atoms with Crippen LogP contribution in [0.15, 0.2) is 42.5 Å². The predicted molar refractivity (Wildman–Crippen MR) is 106 cm³/mol. The fourth-order valence-electron chi connectivity index (χ4n) is 2.88. The highest BCUT2D eigenvalue weighted by molar-refractivity contribution is 5.81. The van der Waals surface area contributed by atoms with Crippen LogP contribution in [0, 0.1) is 11.3 Å². The van der Waals surface area contributed by atoms with Gasteiger partial charge in [-0.3, -0.25) is 4.79 Å². The zero-order chi connectivity index (χ0) is 21.3. The van der Waals surface area contributed by atoms with E-state index in [1.807, 2.05) is 31.2 Å². The first-order valence-electron chi connectivity index (χ1n) is 9.54. The smallest absolute Gasteiger partial charge is 0.344 e. The molecule has 0 aliphatic carbocycles. The summed E-state index contributed by atoms with van der Waals surface area (Å²) in [6.07, 6.45) is 0. The summed E-state index contributed by atoms with van der Waals surface area (Å²) in [4.78, 5) is 25.9. The number of carbonyl (C=O) groups excluding carboxylic acids is 2. The van der Waals surface area contributed by atoms with Gasteiger partial charge in [0, 0.05) is 13.1 Å². The van der Waals surface area contributed by atoms with Crippen LogP contribution in [-0.2, 0) is 20.9 Å². The molecule has 30 heavy (non-hydrogen) atoms. The number of likely N-dealkylation sites (N-methyl/N-ethyl adjacent to an activating group) is 1. The Hall–Kier alpha value is -3.73. The van der Waals surface area contributed by atoms with E-state index in [4.69, 9.17) is 24.2 Å². The van der Waals surface area contributed by atoms with Gasteiger partial charge in [-0.1, -0.05) is 18.2 Å². The number of para-hydroxylation sites is 1. The molecule has 0 N–H and O–H groups in total. The monoisotopic (exact) mass is 410 g/mol. The Morgan fingerprint density at radius 3 is 2.63 bits per heavy atom. The molecule has 1 heterocycles. The molecule has 0 saturated heterocycles. The van der Waals surface area contributed by atoms with E-state index in [1.54, 1.807) is 29.2 Å². The predicted octanol–water partition coefficient (Wildman–Crippen LogP) is 2.30. The van der Waals surface area contributed by atoms with E-state index in [2.05, 4.69) is 0 Å². The molecule has 0 aromatic heterocycles. The number of benzene rings is 2. The number of fused-ring (bicyclic) bond motifs is 1. The third kappa shape index (κ3) is 5.41. The molecule has 0 unspecified atom stereocenters. The Labute approximate surface area is 174 Å². The first-order valence-corrected chi connectivity index (χ1v) is 9.54. The van der Waals surface area contributed by atoms with Crippen LogP contribution in [0.4, 0.5) is 0 Å². The number of hydrogen-bond donors (Lipinski definition) is 0. The molecule has 3 rings (SSSR count). The van der Waals surface area contributed by atoms with Gasteiger partial charge < -0.3 is 23.8 Å². The number of rotatable bonds is 8. The van der Waals surface area contributed by atoms with Gasteiger partial charge in [-0.15, -0.1) is 0 Å². The normalized spacial score (nSPS) is 11.9. The fourth-order valence-corrected chi connectivity index (χ4v) is 2.88. The van der Waals surface area contributed by atoms with Gasteiger partial charge in [-0.2, -0.15) is 5.26 Å². The van der Waals surface area contributed by atoms with Crippen molar-refractivity contribution >= 4 is 11.9 Å². The average molecular weight is 410 g/mol. The van der Waals surface area contributed by atoms with Crippen molar-refractivity contribution in [3.63, 3.8) is 0 Å². The maximum atomic E-state index is 12.5. The van der Waals surface area contributed by atoms with Gasteiger partial charge in [-0.25, -0.2) is 4.79 Å². The van der Waals surface area contributed by atoms with Gasteiger partial charge in [0.25, 0.3) is 5.91 Å². The number of nitriles is 1. The lowest BCUT2D eigenvalue weighted by atomic mass is 10.2. The highest BCUT2D eigenvalue weighted by Gasteiger charge is 2.17. The zero-order valence-corrected chi connectivity index (χ0v) is 16.6. The summed E-state index contributed by atoms with van der Waals surface area (Å²) >= 11 is 0. The van der Waals surface area contributed by atoms with Crippen molar-refractivity contribution in [2.45, 2.75) is 13.5 Å². The maximum absolute atomic E-state index is 12.5. The second-order valence-corrected chi connectivity index (χ2v) is 6.44. The Morgan fingerprint density at radius 1 is 1.10 bits per heavy atom. The third-order valence-electron chi connectivity index (χ3n) is 4.42. The van der Waals surface area contributed by atoms with Crippen LogP contribution >= 0.6 is 0 Å². The zero-order valence-electron chi connectivity index (χ0n) is 16.6. The number of esters is 1. The summed E-state index contributed by atoms with van der Waals surface area (Å²) in [7, 11) is 0. The standard InChI is InChI=1S/C22H22N2O6/c1-2-24(13-16-7-8-19-20(11-16)28-10-9-27-19)21(25)14-30-22(26)15-29-18-6-4-3-5-17(18)12-23/h3-8,11H,2,9-10,13-15H2,1H3. The summed E-state index contributed by atoms with van der Waals surface area (Å²) in [5, 5.41) is 9.02. The number of hydrogen-bond acceptors (Lipinski definition) is 7. The number of carbonyl (C=O) groups is 2. The van der Waals surface area contributed by atoms with Gasteiger partial charge in [-0.05, 0) is 36.8 Å². The van der Waals surface area contributed by atoms with Crippen molar-refractivity contribution in [3.8, 4) is 23.3 Å². The summed E-state index contributed by atoms with van der Waals surface area (Å²) in [5.41, 5.74) is 1.20. The van der Waals surface area contributed by atoms with Gasteiger partial charge >= 0.3 is 5.97 Å². The molecule has 2 aromatic rings. The molecule has 1 amide bonds. The Kier molecular flexibility index (Phi) is 7.11. The van der Waals surface area contributed by atoms with Crippen LogP contribution in [0.3, 0.4) is 0 Å². The van der Waals surface area contributed by atoms with E-state index in [-0.39, 0.29) is 24.9 Å². The second-order valence-electron chi connectivity index (χ2n) is 6.44. The van der Waals surface area contributed by atoms with Crippen molar-refractivity contribution in [1.29, 1.82) is 5.26 Å². The van der Waals surface area contributed by atoms with Crippen molar-refractivity contribution in [2.24, 2.45) is 0 Å². The molecule has 0 atom stereocenters. The maximum Gasteiger partial charge on any atom is 0.344 e. The molecule has 1 aliphatic heterocycles. The minimum Gasteiger partial charge on any atom is -0.486 e. The molecular formula is C22H22N2O6. The molecule has 0 spiro atoms. The number of nitrogens with zero attached hydrogens (tertiary/aromatic N) is 2. The molecule has 1 aliphatic rings. The number of amides is 1. The molecule has 8 nitrogen and oxygen atoms in total. The average Bonchev–Trinajstić information content (AvgIpc) is 2.79. The van der Waals surface area contributed by atoms with Crippen LogP contribution in [0.5, 0.6) is 17.2 Å². The summed E-state index contributed by atoms with van der Waals surface area (Å²) < 4.78 is 21.4. The van der Waals surface area contributed by atoms with Crippen LogP contribution in [0.1, 0.15) is 18.1 Å². The number of ether oxygens (including phenoxy) is 4. The van der Waals surface area contributed by atoms with Gasteiger partial charge in [0.2, 0.25) is 0 Å². The summed E-state index contributed by atoms with van der Waals surface area (Å²) in [6.45, 7) is 2.89. The Balaban J connectivity index is 1.49. The van der Waals surface area contributed by atoms with Crippen LogP contribution in [0.2, 0.25) is 0 Å². The molecule has 8 heteroatoms. The van der Waals surface area contributed by atoms with Gasteiger partial charge in [0.1, 0.15) is 25.0 Å². The first-order chi connectivity index (χ1) is 14.6. The van der Waals surface area contributed by atoms with E-state index >= 15 is 0 Å². The summed E-state index contributed by atoms with van der Waals surface area (Å²) in [5.74, 6) is 0.622. The Bertz CT molecular complexity index is 953. The molecule has 2 aromatic carbocycles. The lowest BCUT2D eigenvalue weighted by Gasteiger charge is -2.23.